The smallest absolute Gasteiger partial charge is 0.434 e. The average Bonchev–Trinajstić information content (AvgIpc) is 2.55. The van der Waals surface area contributed by atoms with Crippen LogP contribution in [-0.2, 0) is 4.74 Å². The second kappa shape index (κ2) is 6.22. The zero-order chi connectivity index (χ0) is 15.4. The summed E-state index contributed by atoms with van der Waals surface area (Å²) in [5.41, 5.74) is 2.71. The molecule has 0 saturated heterocycles. The number of carbonyl (C=O) groups is 1. The van der Waals surface area contributed by atoms with Crippen LogP contribution in [0.25, 0.3) is 22.3 Å². The van der Waals surface area contributed by atoms with Crippen LogP contribution in [0.2, 0.25) is 0 Å². The molecule has 3 rings (SSSR count). The van der Waals surface area contributed by atoms with Crippen LogP contribution in [0.1, 0.15) is 6.92 Å². The average molecular weight is 294 g/mol. The van der Waals surface area contributed by atoms with Crippen molar-refractivity contribution in [3.05, 3.63) is 54.6 Å². The van der Waals surface area contributed by atoms with Gasteiger partial charge in [-0.15, -0.1) is 0 Å². The standard InChI is InChI=1S/C17H14N2O3/c1-2-21-17(20)22-16-15(12-8-4-3-5-9-12)18-13-10-6-7-11-14(13)19-16/h3-11H,2H2,1H3. The minimum Gasteiger partial charge on any atom is -0.434 e. The third-order valence-corrected chi connectivity index (χ3v) is 3.03. The normalized spacial score (nSPS) is 10.4. The van der Waals surface area contributed by atoms with Crippen molar-refractivity contribution in [2.75, 3.05) is 6.61 Å². The van der Waals surface area contributed by atoms with E-state index in [4.69, 9.17) is 9.47 Å². The molecule has 0 bridgehead atoms. The van der Waals surface area contributed by atoms with E-state index in [1.807, 2.05) is 54.6 Å². The van der Waals surface area contributed by atoms with Gasteiger partial charge in [0.1, 0.15) is 5.69 Å². The lowest BCUT2D eigenvalue weighted by molar-refractivity contribution is 0.103. The molecule has 0 fully saturated rings. The molecule has 0 atom stereocenters. The number of rotatable bonds is 3. The number of benzene rings is 2. The topological polar surface area (TPSA) is 61.3 Å². The number of hydrogen-bond donors (Lipinski definition) is 0. The molecule has 5 nitrogen and oxygen atoms in total. The van der Waals surface area contributed by atoms with E-state index in [1.54, 1.807) is 6.92 Å². The minimum atomic E-state index is -0.788. The molecule has 0 aliphatic rings. The van der Waals surface area contributed by atoms with Crippen molar-refractivity contribution in [2.45, 2.75) is 6.92 Å². The molecule has 110 valence electrons. The fraction of sp³-hybridized carbons (Fsp3) is 0.118. The van der Waals surface area contributed by atoms with Crippen LogP contribution in [0, 0.1) is 0 Å². The fourth-order valence-electron chi connectivity index (χ4n) is 2.07. The predicted octanol–water partition coefficient (Wildman–Crippen LogP) is 3.83. The molecule has 0 amide bonds. The van der Waals surface area contributed by atoms with Crippen LogP contribution in [0.5, 0.6) is 5.88 Å². The molecule has 5 heteroatoms. The zero-order valence-electron chi connectivity index (χ0n) is 12.0. The Morgan fingerprint density at radius 3 is 2.27 bits per heavy atom. The van der Waals surface area contributed by atoms with Crippen molar-refractivity contribution >= 4 is 17.2 Å². The number of hydrogen-bond acceptors (Lipinski definition) is 5. The van der Waals surface area contributed by atoms with E-state index < -0.39 is 6.16 Å². The Morgan fingerprint density at radius 2 is 1.59 bits per heavy atom. The van der Waals surface area contributed by atoms with E-state index in [1.165, 1.54) is 0 Å². The molecule has 0 saturated carbocycles. The summed E-state index contributed by atoms with van der Waals surface area (Å²) in [6.07, 6.45) is -0.788. The summed E-state index contributed by atoms with van der Waals surface area (Å²) in [6, 6.07) is 16.9. The van der Waals surface area contributed by atoms with Gasteiger partial charge in [0.15, 0.2) is 0 Å². The van der Waals surface area contributed by atoms with Gasteiger partial charge in [-0.1, -0.05) is 42.5 Å². The third-order valence-electron chi connectivity index (χ3n) is 3.03. The van der Waals surface area contributed by atoms with Crippen molar-refractivity contribution in [3.63, 3.8) is 0 Å². The van der Waals surface area contributed by atoms with Gasteiger partial charge in [-0.3, -0.25) is 0 Å². The highest BCUT2D eigenvalue weighted by Crippen LogP contribution is 2.28. The molecule has 1 heterocycles. The van der Waals surface area contributed by atoms with Crippen LogP contribution >= 0.6 is 0 Å². The zero-order valence-corrected chi connectivity index (χ0v) is 12.0. The molecule has 2 aromatic carbocycles. The number of nitrogens with zero attached hydrogens (tertiary/aromatic N) is 2. The fourth-order valence-corrected chi connectivity index (χ4v) is 2.07. The maximum absolute atomic E-state index is 11.6. The summed E-state index contributed by atoms with van der Waals surface area (Å²) in [6.45, 7) is 1.95. The maximum atomic E-state index is 11.6. The lowest BCUT2D eigenvalue weighted by atomic mass is 10.1. The lowest BCUT2D eigenvalue weighted by Gasteiger charge is -2.09. The van der Waals surface area contributed by atoms with Gasteiger partial charge in [0.05, 0.1) is 17.6 Å². The van der Waals surface area contributed by atoms with Gasteiger partial charge in [0.2, 0.25) is 0 Å². The van der Waals surface area contributed by atoms with E-state index >= 15 is 0 Å². The van der Waals surface area contributed by atoms with Crippen molar-refractivity contribution < 1.29 is 14.3 Å². The molecule has 22 heavy (non-hydrogen) atoms. The largest absolute Gasteiger partial charge is 0.515 e. The van der Waals surface area contributed by atoms with E-state index in [0.717, 1.165) is 11.1 Å². The van der Waals surface area contributed by atoms with Gasteiger partial charge in [-0.05, 0) is 19.1 Å². The molecule has 0 N–H and O–H groups in total. The Bertz CT molecular complexity index is 803. The van der Waals surface area contributed by atoms with Crippen LogP contribution in [-0.4, -0.2) is 22.7 Å². The minimum absolute atomic E-state index is 0.142. The van der Waals surface area contributed by atoms with Gasteiger partial charge in [0, 0.05) is 5.56 Å². The Morgan fingerprint density at radius 1 is 0.955 bits per heavy atom. The molecule has 0 radical (unpaired) electrons. The highest BCUT2D eigenvalue weighted by atomic mass is 16.7. The second-order valence-corrected chi connectivity index (χ2v) is 4.52. The van der Waals surface area contributed by atoms with Crippen LogP contribution in [0.3, 0.4) is 0 Å². The van der Waals surface area contributed by atoms with Gasteiger partial charge < -0.3 is 9.47 Å². The number of ether oxygens (including phenoxy) is 2. The molecule has 3 aromatic rings. The summed E-state index contributed by atoms with van der Waals surface area (Å²) < 4.78 is 10.0. The first kappa shape index (κ1) is 14.0. The first-order valence-electron chi connectivity index (χ1n) is 6.94. The van der Waals surface area contributed by atoms with Crippen LogP contribution in [0.4, 0.5) is 4.79 Å². The first-order chi connectivity index (χ1) is 10.8. The van der Waals surface area contributed by atoms with Crippen molar-refractivity contribution in [1.82, 2.24) is 9.97 Å². The highest BCUT2D eigenvalue weighted by molar-refractivity contribution is 5.81. The predicted molar refractivity (Wildman–Crippen MR) is 82.6 cm³/mol. The molecule has 0 aliphatic heterocycles. The van der Waals surface area contributed by atoms with Crippen LogP contribution in [0.15, 0.2) is 54.6 Å². The molecule has 0 unspecified atom stereocenters. The molecule has 1 aromatic heterocycles. The van der Waals surface area contributed by atoms with E-state index in [9.17, 15) is 4.79 Å². The number of fused-ring (bicyclic) bond motifs is 1. The maximum Gasteiger partial charge on any atom is 0.515 e. The number of para-hydroxylation sites is 2. The van der Waals surface area contributed by atoms with E-state index in [-0.39, 0.29) is 12.5 Å². The Balaban J connectivity index is 2.12. The van der Waals surface area contributed by atoms with Crippen molar-refractivity contribution in [2.24, 2.45) is 0 Å². The Kier molecular flexibility index (Phi) is 3.96. The Hall–Kier alpha value is -2.95. The summed E-state index contributed by atoms with van der Waals surface area (Å²) in [4.78, 5) is 20.6. The molecule has 0 spiro atoms. The number of aromatic nitrogens is 2. The molecular formula is C17H14N2O3. The van der Waals surface area contributed by atoms with Crippen LogP contribution < -0.4 is 4.74 Å². The summed E-state index contributed by atoms with van der Waals surface area (Å²) in [7, 11) is 0. The SMILES string of the molecule is CCOC(=O)Oc1nc2ccccc2nc1-c1ccccc1. The highest BCUT2D eigenvalue weighted by Gasteiger charge is 2.16. The first-order valence-corrected chi connectivity index (χ1v) is 6.94. The van der Waals surface area contributed by atoms with E-state index in [0.29, 0.717) is 11.2 Å². The summed E-state index contributed by atoms with van der Waals surface area (Å²) in [5.74, 6) is 0.142. The second-order valence-electron chi connectivity index (χ2n) is 4.52. The van der Waals surface area contributed by atoms with Crippen molar-refractivity contribution in [1.29, 1.82) is 0 Å². The Labute approximate surface area is 127 Å². The molecule has 0 aliphatic carbocycles. The van der Waals surface area contributed by atoms with E-state index in [2.05, 4.69) is 9.97 Å². The monoisotopic (exact) mass is 294 g/mol. The summed E-state index contributed by atoms with van der Waals surface area (Å²) in [5, 5.41) is 0. The lowest BCUT2D eigenvalue weighted by Crippen LogP contribution is -2.12. The van der Waals surface area contributed by atoms with Crippen molar-refractivity contribution in [3.8, 4) is 17.1 Å². The van der Waals surface area contributed by atoms with Gasteiger partial charge in [0.25, 0.3) is 5.88 Å². The summed E-state index contributed by atoms with van der Waals surface area (Å²) >= 11 is 0. The van der Waals surface area contributed by atoms with Gasteiger partial charge in [-0.2, -0.15) is 0 Å². The van der Waals surface area contributed by atoms with Gasteiger partial charge in [-0.25, -0.2) is 14.8 Å². The molecular weight excluding hydrogens is 280 g/mol. The van der Waals surface area contributed by atoms with Gasteiger partial charge >= 0.3 is 6.16 Å². The number of carbonyl (C=O) groups excluding carboxylic acids is 1. The third kappa shape index (κ3) is 2.88. The quantitative estimate of drug-likeness (QED) is 0.687.